The maximum Gasteiger partial charge on any atom is 0.303 e. The topological polar surface area (TPSA) is 99.8 Å². The van der Waals surface area contributed by atoms with Gasteiger partial charge >= 0.3 is 5.97 Å². The molecule has 0 spiro atoms. The van der Waals surface area contributed by atoms with E-state index in [0.29, 0.717) is 30.6 Å². The number of aromatic hydroxyl groups is 1. The minimum Gasteiger partial charge on any atom is -0.508 e. The summed E-state index contributed by atoms with van der Waals surface area (Å²) in [5.41, 5.74) is 2.06. The molecule has 2 aromatic rings. The highest BCUT2D eigenvalue weighted by molar-refractivity contribution is 5.66. The molecule has 3 atom stereocenters. The zero-order chi connectivity index (χ0) is 20.6. The van der Waals surface area contributed by atoms with Gasteiger partial charge in [0.2, 0.25) is 0 Å². The van der Waals surface area contributed by atoms with Crippen LogP contribution in [0.2, 0.25) is 0 Å². The number of allylic oxidation sites excluding steroid dienone is 2. The van der Waals surface area contributed by atoms with Gasteiger partial charge in [0.15, 0.2) is 6.29 Å². The summed E-state index contributed by atoms with van der Waals surface area (Å²) in [6, 6.07) is 16.2. The number of carboxylic acid groups (broad SMARTS) is 1. The molecule has 2 aromatic carbocycles. The van der Waals surface area contributed by atoms with Crippen molar-refractivity contribution in [1.82, 2.24) is 0 Å². The molecule has 2 N–H and O–H groups in total. The summed E-state index contributed by atoms with van der Waals surface area (Å²) in [6.45, 7) is 0.424. The molecule has 1 saturated heterocycles. The summed E-state index contributed by atoms with van der Waals surface area (Å²) in [4.78, 5) is 10.6. The Kier molecular flexibility index (Phi) is 7.01. The summed E-state index contributed by atoms with van der Waals surface area (Å²) in [6.07, 6.45) is 4.02. The monoisotopic (exact) mass is 393 g/mol. The first-order valence-electron chi connectivity index (χ1n) is 9.50. The van der Waals surface area contributed by atoms with Gasteiger partial charge in [-0.2, -0.15) is 5.26 Å². The molecule has 6 nitrogen and oxygen atoms in total. The third-order valence-corrected chi connectivity index (χ3v) is 4.85. The highest BCUT2D eigenvalue weighted by Crippen LogP contribution is 2.42. The van der Waals surface area contributed by atoms with Gasteiger partial charge in [0, 0.05) is 23.5 Å². The van der Waals surface area contributed by atoms with E-state index in [-0.39, 0.29) is 24.2 Å². The predicted octanol–water partition coefficient (Wildman–Crippen LogP) is 4.48. The Bertz CT molecular complexity index is 900. The molecule has 0 saturated carbocycles. The zero-order valence-corrected chi connectivity index (χ0v) is 15.9. The van der Waals surface area contributed by atoms with Gasteiger partial charge in [-0.25, -0.2) is 0 Å². The summed E-state index contributed by atoms with van der Waals surface area (Å²) in [7, 11) is 0. The van der Waals surface area contributed by atoms with Crippen LogP contribution in [0, 0.1) is 17.2 Å². The van der Waals surface area contributed by atoms with E-state index in [1.165, 1.54) is 0 Å². The largest absolute Gasteiger partial charge is 0.508 e. The summed E-state index contributed by atoms with van der Waals surface area (Å²) < 4.78 is 12.1. The number of hydrogen-bond donors (Lipinski definition) is 2. The molecule has 29 heavy (non-hydrogen) atoms. The van der Waals surface area contributed by atoms with E-state index in [1.807, 2.05) is 24.3 Å². The van der Waals surface area contributed by atoms with Crippen LogP contribution in [0.15, 0.2) is 60.7 Å². The average molecular weight is 393 g/mol. The summed E-state index contributed by atoms with van der Waals surface area (Å²) in [5, 5.41) is 28.0. The standard InChI is InChI=1S/C23H23NO5/c24-14-16-10-12-17(13-11-16)23-28-15-18(6-2-1-3-9-21(26)27)22(29-23)19-7-4-5-8-20(19)25/h1-2,4-5,7-8,10-13,18,22-23,25H,3,6,9,15H2,(H,26,27)/b2-1-. The SMILES string of the molecule is N#Cc1ccc(C2OCC(C/C=C\CCC(=O)O)C(c3ccccc3O)O2)cc1. The molecule has 1 aliphatic rings. The van der Waals surface area contributed by atoms with E-state index in [0.717, 1.165) is 5.56 Å². The summed E-state index contributed by atoms with van der Waals surface area (Å²) in [5.74, 6) is -0.687. The van der Waals surface area contributed by atoms with Gasteiger partial charge in [-0.1, -0.05) is 42.5 Å². The Balaban J connectivity index is 1.76. The molecule has 0 radical (unpaired) electrons. The van der Waals surface area contributed by atoms with E-state index < -0.39 is 12.3 Å². The number of para-hydroxylation sites is 1. The van der Waals surface area contributed by atoms with Crippen LogP contribution in [0.3, 0.4) is 0 Å². The maximum absolute atomic E-state index is 10.6. The van der Waals surface area contributed by atoms with Gasteiger partial charge < -0.3 is 19.7 Å². The van der Waals surface area contributed by atoms with Crippen molar-refractivity contribution in [2.45, 2.75) is 31.7 Å². The van der Waals surface area contributed by atoms with Crippen LogP contribution >= 0.6 is 0 Å². The Morgan fingerprint density at radius 3 is 2.62 bits per heavy atom. The molecule has 150 valence electrons. The first-order chi connectivity index (χ1) is 14.1. The predicted molar refractivity (Wildman–Crippen MR) is 106 cm³/mol. The number of hydrogen-bond acceptors (Lipinski definition) is 5. The van der Waals surface area contributed by atoms with Gasteiger partial charge in [0.1, 0.15) is 5.75 Å². The maximum atomic E-state index is 10.6. The number of phenolic OH excluding ortho intramolecular Hbond substituents is 1. The molecule has 0 aromatic heterocycles. The number of carboxylic acids is 1. The molecule has 1 aliphatic heterocycles. The highest BCUT2D eigenvalue weighted by atomic mass is 16.7. The van der Waals surface area contributed by atoms with E-state index >= 15 is 0 Å². The Hall–Kier alpha value is -3.14. The van der Waals surface area contributed by atoms with Crippen LogP contribution in [0.1, 0.15) is 48.3 Å². The van der Waals surface area contributed by atoms with Crippen LogP contribution in [0.5, 0.6) is 5.75 Å². The normalized spacial score (nSPS) is 21.7. The molecule has 6 heteroatoms. The third-order valence-electron chi connectivity index (χ3n) is 4.85. The lowest BCUT2D eigenvalue weighted by molar-refractivity contribution is -0.244. The number of nitrogens with zero attached hydrogens (tertiary/aromatic N) is 1. The highest BCUT2D eigenvalue weighted by Gasteiger charge is 2.34. The van der Waals surface area contributed by atoms with Gasteiger partial charge in [-0.3, -0.25) is 4.79 Å². The smallest absolute Gasteiger partial charge is 0.303 e. The lowest BCUT2D eigenvalue weighted by Crippen LogP contribution is -2.30. The molecule has 0 amide bonds. The molecular formula is C23H23NO5. The Morgan fingerprint density at radius 2 is 1.93 bits per heavy atom. The lowest BCUT2D eigenvalue weighted by Gasteiger charge is -2.37. The van der Waals surface area contributed by atoms with Crippen LogP contribution in [-0.4, -0.2) is 22.8 Å². The minimum atomic E-state index is -0.823. The number of rotatable bonds is 7. The van der Waals surface area contributed by atoms with Crippen molar-refractivity contribution >= 4 is 5.97 Å². The fraction of sp³-hybridized carbons (Fsp3) is 0.304. The van der Waals surface area contributed by atoms with Crippen molar-refractivity contribution in [2.75, 3.05) is 6.61 Å². The molecule has 0 aliphatic carbocycles. The van der Waals surface area contributed by atoms with Gasteiger partial charge in [-0.05, 0) is 31.0 Å². The van der Waals surface area contributed by atoms with Gasteiger partial charge in [-0.15, -0.1) is 0 Å². The number of nitriles is 1. The van der Waals surface area contributed by atoms with E-state index in [2.05, 4.69) is 6.07 Å². The zero-order valence-electron chi connectivity index (χ0n) is 15.9. The van der Waals surface area contributed by atoms with E-state index in [9.17, 15) is 9.90 Å². The molecule has 0 bridgehead atoms. The summed E-state index contributed by atoms with van der Waals surface area (Å²) >= 11 is 0. The van der Waals surface area contributed by atoms with Crippen LogP contribution in [-0.2, 0) is 14.3 Å². The second-order valence-corrected chi connectivity index (χ2v) is 6.91. The fourth-order valence-electron chi connectivity index (χ4n) is 3.31. The van der Waals surface area contributed by atoms with Crippen molar-refractivity contribution in [1.29, 1.82) is 5.26 Å². The Labute approximate surface area is 169 Å². The molecule has 3 unspecified atom stereocenters. The van der Waals surface area contributed by atoms with Crippen molar-refractivity contribution in [3.63, 3.8) is 0 Å². The van der Waals surface area contributed by atoms with Crippen LogP contribution in [0.25, 0.3) is 0 Å². The number of benzene rings is 2. The van der Waals surface area contributed by atoms with E-state index in [4.69, 9.17) is 19.8 Å². The van der Waals surface area contributed by atoms with Crippen LogP contribution in [0.4, 0.5) is 0 Å². The van der Waals surface area contributed by atoms with Crippen molar-refractivity contribution < 1.29 is 24.5 Å². The van der Waals surface area contributed by atoms with Gasteiger partial charge in [0.25, 0.3) is 0 Å². The second-order valence-electron chi connectivity index (χ2n) is 6.91. The first-order valence-corrected chi connectivity index (χ1v) is 9.50. The number of ether oxygens (including phenoxy) is 2. The van der Waals surface area contributed by atoms with Crippen molar-refractivity contribution in [3.8, 4) is 11.8 Å². The number of aliphatic carboxylic acids is 1. The van der Waals surface area contributed by atoms with Crippen molar-refractivity contribution in [2.24, 2.45) is 5.92 Å². The second kappa shape index (κ2) is 9.87. The average Bonchev–Trinajstić information content (AvgIpc) is 2.74. The number of carbonyl (C=O) groups is 1. The van der Waals surface area contributed by atoms with E-state index in [1.54, 1.807) is 36.4 Å². The van der Waals surface area contributed by atoms with Crippen LogP contribution < -0.4 is 0 Å². The minimum absolute atomic E-state index is 0.0287. The fourth-order valence-corrected chi connectivity index (χ4v) is 3.31. The first kappa shape index (κ1) is 20.6. The number of phenols is 1. The lowest BCUT2D eigenvalue weighted by atomic mass is 9.91. The quantitative estimate of drug-likeness (QED) is 0.673. The molecular weight excluding hydrogens is 370 g/mol. The molecule has 3 rings (SSSR count). The molecule has 1 heterocycles. The third kappa shape index (κ3) is 5.44. The van der Waals surface area contributed by atoms with Crippen molar-refractivity contribution in [3.05, 3.63) is 77.4 Å². The Morgan fingerprint density at radius 1 is 1.17 bits per heavy atom. The molecule has 1 fully saturated rings. The van der Waals surface area contributed by atoms with Gasteiger partial charge in [0.05, 0.1) is 24.3 Å².